The fourth-order valence-electron chi connectivity index (χ4n) is 2.47. The molecule has 1 atom stereocenters. The number of carbonyl (C=O) groups excluding carboxylic acids is 1. The molecule has 2 N–H and O–H groups in total. The van der Waals surface area contributed by atoms with E-state index in [0.29, 0.717) is 18.0 Å². The summed E-state index contributed by atoms with van der Waals surface area (Å²) in [5, 5.41) is 7.47. The minimum absolute atomic E-state index is 0.0497. The summed E-state index contributed by atoms with van der Waals surface area (Å²) in [6, 6.07) is 1.72. The van der Waals surface area contributed by atoms with Gasteiger partial charge >= 0.3 is 0 Å². The van der Waals surface area contributed by atoms with E-state index >= 15 is 0 Å². The second kappa shape index (κ2) is 7.31. The van der Waals surface area contributed by atoms with Crippen molar-refractivity contribution in [3.05, 3.63) is 24.0 Å². The highest BCUT2D eigenvalue weighted by Crippen LogP contribution is 2.09. The van der Waals surface area contributed by atoms with Gasteiger partial charge in [0.25, 0.3) is 5.91 Å². The molecule has 110 valence electrons. The number of amides is 1. The monoisotopic (exact) mass is 277 g/mol. The molecule has 6 heteroatoms. The van der Waals surface area contributed by atoms with Crippen LogP contribution < -0.4 is 5.73 Å². The van der Waals surface area contributed by atoms with Gasteiger partial charge in [0.05, 0.1) is 18.0 Å². The van der Waals surface area contributed by atoms with Crippen LogP contribution >= 0.6 is 0 Å². The molecule has 1 unspecified atom stereocenters. The molecule has 2 heterocycles. The van der Waals surface area contributed by atoms with E-state index in [4.69, 9.17) is 5.73 Å². The van der Waals surface area contributed by atoms with Crippen molar-refractivity contribution in [2.75, 3.05) is 39.3 Å². The van der Waals surface area contributed by atoms with Gasteiger partial charge in [-0.3, -0.25) is 4.79 Å². The van der Waals surface area contributed by atoms with E-state index in [2.05, 4.69) is 22.0 Å². The van der Waals surface area contributed by atoms with Crippen LogP contribution in [0, 0.1) is 5.92 Å². The van der Waals surface area contributed by atoms with Crippen molar-refractivity contribution in [3.63, 3.8) is 0 Å². The first-order valence-corrected chi connectivity index (χ1v) is 7.19. The summed E-state index contributed by atoms with van der Waals surface area (Å²) in [6.07, 6.45) is 4.09. The van der Waals surface area contributed by atoms with Crippen molar-refractivity contribution < 1.29 is 4.79 Å². The Hall–Kier alpha value is -1.53. The molecule has 1 saturated heterocycles. The van der Waals surface area contributed by atoms with Crippen molar-refractivity contribution in [2.45, 2.75) is 13.3 Å². The average Bonchev–Trinajstić information content (AvgIpc) is 2.73. The number of nitrogens with zero attached hydrogens (tertiary/aromatic N) is 4. The third-order valence-corrected chi connectivity index (χ3v) is 3.68. The molecule has 1 aliphatic rings. The highest BCUT2D eigenvalue weighted by atomic mass is 16.2. The number of hydrogen-bond donors (Lipinski definition) is 1. The van der Waals surface area contributed by atoms with Gasteiger partial charge in [-0.1, -0.05) is 6.92 Å². The number of aromatic nitrogens is 2. The summed E-state index contributed by atoms with van der Waals surface area (Å²) in [5.74, 6) is 0.551. The minimum atomic E-state index is 0.0497. The van der Waals surface area contributed by atoms with E-state index in [1.807, 2.05) is 4.90 Å². The van der Waals surface area contributed by atoms with Gasteiger partial charge in [-0.15, -0.1) is 0 Å². The Morgan fingerprint density at radius 1 is 1.35 bits per heavy atom. The van der Waals surface area contributed by atoms with Crippen molar-refractivity contribution >= 4 is 5.91 Å². The van der Waals surface area contributed by atoms with E-state index in [0.717, 1.165) is 39.1 Å². The molecule has 6 nitrogen and oxygen atoms in total. The molecule has 0 spiro atoms. The van der Waals surface area contributed by atoms with Gasteiger partial charge in [-0.25, -0.2) is 0 Å². The van der Waals surface area contributed by atoms with Crippen molar-refractivity contribution in [1.82, 2.24) is 20.0 Å². The summed E-state index contributed by atoms with van der Waals surface area (Å²) in [7, 11) is 0. The van der Waals surface area contributed by atoms with Crippen LogP contribution in [0.25, 0.3) is 0 Å². The van der Waals surface area contributed by atoms with Gasteiger partial charge < -0.3 is 15.5 Å². The van der Waals surface area contributed by atoms with Crippen molar-refractivity contribution in [3.8, 4) is 0 Å². The Bertz CT molecular complexity index is 425. The van der Waals surface area contributed by atoms with E-state index in [9.17, 15) is 4.79 Å². The molecule has 0 aliphatic carbocycles. The summed E-state index contributed by atoms with van der Waals surface area (Å²) in [5.41, 5.74) is 6.29. The van der Waals surface area contributed by atoms with Crippen LogP contribution in [-0.4, -0.2) is 65.2 Å². The molecule has 2 rings (SSSR count). The first kappa shape index (κ1) is 14.9. The van der Waals surface area contributed by atoms with Crippen LogP contribution in [0.15, 0.2) is 18.5 Å². The van der Waals surface area contributed by atoms with Gasteiger partial charge in [0.15, 0.2) is 0 Å². The largest absolute Gasteiger partial charge is 0.337 e. The first-order chi connectivity index (χ1) is 9.70. The molecule has 1 aromatic heterocycles. The van der Waals surface area contributed by atoms with Crippen LogP contribution in [0.1, 0.15) is 23.7 Å². The molecule has 1 fully saturated rings. The lowest BCUT2D eigenvalue weighted by Gasteiger charge is -2.24. The maximum atomic E-state index is 12.4. The smallest absolute Gasteiger partial charge is 0.255 e. The Morgan fingerprint density at radius 2 is 2.20 bits per heavy atom. The number of rotatable bonds is 4. The van der Waals surface area contributed by atoms with E-state index in [1.54, 1.807) is 12.3 Å². The highest BCUT2D eigenvalue weighted by molar-refractivity contribution is 5.93. The molecule has 0 radical (unpaired) electrons. The van der Waals surface area contributed by atoms with Gasteiger partial charge in [-0.2, -0.15) is 10.2 Å². The molecule has 0 saturated carbocycles. The predicted molar refractivity (Wildman–Crippen MR) is 77.2 cm³/mol. The summed E-state index contributed by atoms with van der Waals surface area (Å²) < 4.78 is 0. The Kier molecular flexibility index (Phi) is 5.43. The second-order valence-corrected chi connectivity index (χ2v) is 5.42. The Balaban J connectivity index is 1.91. The molecule has 0 bridgehead atoms. The number of nitrogens with two attached hydrogens (primary N) is 1. The van der Waals surface area contributed by atoms with Crippen LogP contribution in [-0.2, 0) is 0 Å². The van der Waals surface area contributed by atoms with E-state index in [-0.39, 0.29) is 5.91 Å². The lowest BCUT2D eigenvalue weighted by Crippen LogP contribution is -2.37. The Labute approximate surface area is 120 Å². The van der Waals surface area contributed by atoms with Crippen LogP contribution in [0.3, 0.4) is 0 Å². The van der Waals surface area contributed by atoms with Crippen LogP contribution in [0.5, 0.6) is 0 Å². The highest BCUT2D eigenvalue weighted by Gasteiger charge is 2.21. The SMILES string of the molecule is CC(CN)CN1CCCN(C(=O)c2ccnnc2)CC1. The summed E-state index contributed by atoms with van der Waals surface area (Å²) in [4.78, 5) is 16.7. The maximum absolute atomic E-state index is 12.4. The van der Waals surface area contributed by atoms with Gasteiger partial charge in [-0.05, 0) is 31.5 Å². The zero-order valence-corrected chi connectivity index (χ0v) is 12.0. The molecular formula is C14H23N5O. The van der Waals surface area contributed by atoms with E-state index in [1.165, 1.54) is 6.20 Å². The maximum Gasteiger partial charge on any atom is 0.255 e. The number of hydrogen-bond acceptors (Lipinski definition) is 5. The zero-order valence-electron chi connectivity index (χ0n) is 12.0. The minimum Gasteiger partial charge on any atom is -0.337 e. The fraction of sp³-hybridized carbons (Fsp3) is 0.643. The molecule has 1 aromatic rings. The lowest BCUT2D eigenvalue weighted by atomic mass is 10.1. The average molecular weight is 277 g/mol. The quantitative estimate of drug-likeness (QED) is 0.852. The number of carbonyl (C=O) groups is 1. The third-order valence-electron chi connectivity index (χ3n) is 3.68. The Morgan fingerprint density at radius 3 is 2.90 bits per heavy atom. The standard InChI is InChI=1S/C14H23N5O/c1-12(9-15)11-18-5-2-6-19(8-7-18)14(20)13-3-4-16-17-10-13/h3-4,10,12H,2,5-9,11,15H2,1H3. The fourth-order valence-corrected chi connectivity index (χ4v) is 2.47. The van der Waals surface area contributed by atoms with Crippen LogP contribution in [0.4, 0.5) is 0 Å². The van der Waals surface area contributed by atoms with Gasteiger partial charge in [0.2, 0.25) is 0 Å². The van der Waals surface area contributed by atoms with Crippen molar-refractivity contribution in [1.29, 1.82) is 0 Å². The normalized spacial score (nSPS) is 18.6. The molecule has 20 heavy (non-hydrogen) atoms. The second-order valence-electron chi connectivity index (χ2n) is 5.42. The molecule has 1 amide bonds. The molecular weight excluding hydrogens is 254 g/mol. The van der Waals surface area contributed by atoms with Crippen molar-refractivity contribution in [2.24, 2.45) is 11.7 Å². The van der Waals surface area contributed by atoms with Crippen LogP contribution in [0.2, 0.25) is 0 Å². The third kappa shape index (κ3) is 3.98. The first-order valence-electron chi connectivity index (χ1n) is 7.19. The predicted octanol–water partition coefficient (Wildman–Crippen LogP) is 0.219. The van der Waals surface area contributed by atoms with E-state index < -0.39 is 0 Å². The lowest BCUT2D eigenvalue weighted by molar-refractivity contribution is 0.0760. The summed E-state index contributed by atoms with van der Waals surface area (Å²) in [6.45, 7) is 7.39. The van der Waals surface area contributed by atoms with Gasteiger partial charge in [0, 0.05) is 26.2 Å². The molecule has 1 aliphatic heterocycles. The zero-order chi connectivity index (χ0) is 14.4. The topological polar surface area (TPSA) is 75.3 Å². The van der Waals surface area contributed by atoms with Gasteiger partial charge in [0.1, 0.15) is 0 Å². The summed E-state index contributed by atoms with van der Waals surface area (Å²) >= 11 is 0. The molecule has 0 aromatic carbocycles.